The Labute approximate surface area is 72.9 Å². The Morgan fingerprint density at radius 3 is 2.92 bits per heavy atom. The molecule has 0 aliphatic carbocycles. The molecule has 1 aromatic heterocycles. The van der Waals surface area contributed by atoms with Crippen molar-refractivity contribution in [2.75, 3.05) is 7.11 Å². The Morgan fingerprint density at radius 2 is 2.33 bits per heavy atom. The third kappa shape index (κ3) is 1.84. The number of pyridine rings is 1. The summed E-state index contributed by atoms with van der Waals surface area (Å²) in [5, 5.41) is 0. The van der Waals surface area contributed by atoms with Crippen LogP contribution in [-0.2, 0) is 6.42 Å². The van der Waals surface area contributed by atoms with Crippen molar-refractivity contribution >= 4 is 0 Å². The molecule has 0 spiro atoms. The Kier molecular flexibility index (Phi) is 2.86. The average molecular weight is 163 g/mol. The first-order valence-corrected chi connectivity index (χ1v) is 3.89. The quantitative estimate of drug-likeness (QED) is 0.637. The van der Waals surface area contributed by atoms with E-state index < -0.39 is 0 Å². The van der Waals surface area contributed by atoms with Gasteiger partial charge in [0.25, 0.3) is 0 Å². The fourth-order valence-electron chi connectivity index (χ4n) is 1.07. The highest BCUT2D eigenvalue weighted by Gasteiger charge is 2.01. The van der Waals surface area contributed by atoms with Crippen LogP contribution in [-0.4, -0.2) is 12.1 Å². The van der Waals surface area contributed by atoms with Crippen LogP contribution < -0.4 is 4.74 Å². The first-order valence-electron chi connectivity index (χ1n) is 3.89. The number of allylic oxidation sites excluding steroid dienone is 1. The molecule has 0 amide bonds. The summed E-state index contributed by atoms with van der Waals surface area (Å²) in [7, 11) is 1.65. The van der Waals surface area contributed by atoms with E-state index in [0.29, 0.717) is 0 Å². The minimum absolute atomic E-state index is 0.755. The lowest BCUT2D eigenvalue weighted by Gasteiger charge is -2.05. The van der Waals surface area contributed by atoms with Crippen molar-refractivity contribution in [3.05, 3.63) is 36.2 Å². The molecule has 0 atom stereocenters. The van der Waals surface area contributed by atoms with E-state index in [0.717, 1.165) is 23.6 Å². The molecule has 1 aromatic rings. The maximum Gasteiger partial charge on any atom is 0.140 e. The minimum Gasteiger partial charge on any atom is -0.495 e. The van der Waals surface area contributed by atoms with Crippen LogP contribution in [0.5, 0.6) is 5.75 Å². The van der Waals surface area contributed by atoms with Gasteiger partial charge in [0, 0.05) is 12.1 Å². The van der Waals surface area contributed by atoms with Crippen molar-refractivity contribution in [3.8, 4) is 5.75 Å². The second-order valence-electron chi connectivity index (χ2n) is 2.59. The lowest BCUT2D eigenvalue weighted by atomic mass is 10.2. The summed E-state index contributed by atoms with van der Waals surface area (Å²) in [6.07, 6.45) is 2.58. The second-order valence-corrected chi connectivity index (χ2v) is 2.59. The molecule has 0 fully saturated rings. The van der Waals surface area contributed by atoms with Gasteiger partial charge in [0.05, 0.1) is 12.8 Å². The number of nitrogens with zero attached hydrogens (tertiary/aromatic N) is 1. The summed E-state index contributed by atoms with van der Waals surface area (Å²) < 4.78 is 5.14. The van der Waals surface area contributed by atoms with Crippen molar-refractivity contribution < 1.29 is 4.74 Å². The van der Waals surface area contributed by atoms with E-state index >= 15 is 0 Å². The van der Waals surface area contributed by atoms with Gasteiger partial charge in [-0.1, -0.05) is 6.08 Å². The predicted octanol–water partition coefficient (Wildman–Crippen LogP) is 2.13. The molecule has 0 aliphatic heterocycles. The standard InChI is InChI=1S/C10H13NO/c1-4-5-9-10(12-3)7-6-8(2)11-9/h4,6-7H,1,5H2,2-3H3. The summed E-state index contributed by atoms with van der Waals surface area (Å²) in [6.45, 7) is 5.63. The normalized spacial score (nSPS) is 9.50. The van der Waals surface area contributed by atoms with Crippen molar-refractivity contribution in [2.24, 2.45) is 0 Å². The lowest BCUT2D eigenvalue weighted by molar-refractivity contribution is 0.408. The van der Waals surface area contributed by atoms with Gasteiger partial charge in [-0.3, -0.25) is 4.98 Å². The van der Waals surface area contributed by atoms with Gasteiger partial charge in [0.2, 0.25) is 0 Å². The summed E-state index contributed by atoms with van der Waals surface area (Å²) in [5.41, 5.74) is 1.96. The molecule has 64 valence electrons. The second kappa shape index (κ2) is 3.90. The molecule has 0 aliphatic rings. The van der Waals surface area contributed by atoms with Gasteiger partial charge >= 0.3 is 0 Å². The molecule has 0 saturated heterocycles. The topological polar surface area (TPSA) is 22.1 Å². The molecule has 2 heteroatoms. The van der Waals surface area contributed by atoms with Crippen LogP contribution >= 0.6 is 0 Å². The molecule has 12 heavy (non-hydrogen) atoms. The number of ether oxygens (including phenoxy) is 1. The monoisotopic (exact) mass is 163 g/mol. The van der Waals surface area contributed by atoms with Crippen molar-refractivity contribution in [2.45, 2.75) is 13.3 Å². The minimum atomic E-state index is 0.755. The molecule has 0 N–H and O–H groups in total. The number of rotatable bonds is 3. The fourth-order valence-corrected chi connectivity index (χ4v) is 1.07. The molecule has 1 rings (SSSR count). The first kappa shape index (κ1) is 8.78. The number of methoxy groups -OCH3 is 1. The van der Waals surface area contributed by atoms with Crippen LogP contribution in [0.2, 0.25) is 0 Å². The third-order valence-corrected chi connectivity index (χ3v) is 1.63. The smallest absolute Gasteiger partial charge is 0.140 e. The van der Waals surface area contributed by atoms with Gasteiger partial charge < -0.3 is 4.74 Å². The van der Waals surface area contributed by atoms with Gasteiger partial charge in [-0.05, 0) is 19.1 Å². The fraction of sp³-hybridized carbons (Fsp3) is 0.300. The van der Waals surface area contributed by atoms with Crippen LogP contribution in [0.1, 0.15) is 11.4 Å². The highest BCUT2D eigenvalue weighted by molar-refractivity contribution is 5.30. The Bertz CT molecular complexity index is 281. The van der Waals surface area contributed by atoms with Crippen molar-refractivity contribution in [3.63, 3.8) is 0 Å². The molecule has 2 nitrogen and oxygen atoms in total. The molecule has 0 saturated carbocycles. The average Bonchev–Trinajstić information content (AvgIpc) is 2.05. The summed E-state index contributed by atoms with van der Waals surface area (Å²) >= 11 is 0. The zero-order valence-corrected chi connectivity index (χ0v) is 7.50. The number of aromatic nitrogens is 1. The number of aryl methyl sites for hydroxylation is 1. The van der Waals surface area contributed by atoms with Crippen LogP contribution in [0.4, 0.5) is 0 Å². The maximum absolute atomic E-state index is 5.14. The van der Waals surface area contributed by atoms with E-state index in [1.54, 1.807) is 7.11 Å². The van der Waals surface area contributed by atoms with E-state index in [1.807, 2.05) is 25.1 Å². The van der Waals surface area contributed by atoms with E-state index in [2.05, 4.69) is 11.6 Å². The van der Waals surface area contributed by atoms with Gasteiger partial charge in [-0.25, -0.2) is 0 Å². The van der Waals surface area contributed by atoms with Gasteiger partial charge in [0.15, 0.2) is 0 Å². The Balaban J connectivity index is 3.03. The van der Waals surface area contributed by atoms with Crippen molar-refractivity contribution in [1.82, 2.24) is 4.98 Å². The van der Waals surface area contributed by atoms with Gasteiger partial charge in [-0.15, -0.1) is 6.58 Å². The van der Waals surface area contributed by atoms with Crippen LogP contribution in [0.3, 0.4) is 0 Å². The molecule has 0 bridgehead atoms. The van der Waals surface area contributed by atoms with E-state index in [1.165, 1.54) is 0 Å². The third-order valence-electron chi connectivity index (χ3n) is 1.63. The molecular weight excluding hydrogens is 150 g/mol. The highest BCUT2D eigenvalue weighted by atomic mass is 16.5. The molecule has 0 aromatic carbocycles. The first-order chi connectivity index (χ1) is 5.77. The van der Waals surface area contributed by atoms with Crippen LogP contribution in [0, 0.1) is 6.92 Å². The number of hydrogen-bond acceptors (Lipinski definition) is 2. The van der Waals surface area contributed by atoms with Crippen LogP contribution in [0.25, 0.3) is 0 Å². The Hall–Kier alpha value is -1.31. The molecule has 0 unspecified atom stereocenters. The van der Waals surface area contributed by atoms with E-state index in [-0.39, 0.29) is 0 Å². The SMILES string of the molecule is C=CCc1nc(C)ccc1OC. The van der Waals surface area contributed by atoms with Crippen LogP contribution in [0.15, 0.2) is 24.8 Å². The van der Waals surface area contributed by atoms with E-state index in [9.17, 15) is 0 Å². The van der Waals surface area contributed by atoms with Gasteiger partial charge in [0.1, 0.15) is 5.75 Å². The number of hydrogen-bond donors (Lipinski definition) is 0. The summed E-state index contributed by atoms with van der Waals surface area (Å²) in [6, 6.07) is 3.87. The largest absolute Gasteiger partial charge is 0.495 e. The zero-order chi connectivity index (χ0) is 8.97. The predicted molar refractivity (Wildman–Crippen MR) is 49.4 cm³/mol. The Morgan fingerprint density at radius 1 is 1.58 bits per heavy atom. The van der Waals surface area contributed by atoms with E-state index in [4.69, 9.17) is 4.74 Å². The summed E-state index contributed by atoms with van der Waals surface area (Å²) in [5.74, 6) is 0.834. The molecular formula is C10H13NO. The summed E-state index contributed by atoms with van der Waals surface area (Å²) in [4.78, 5) is 4.34. The lowest BCUT2D eigenvalue weighted by Crippen LogP contribution is -1.95. The van der Waals surface area contributed by atoms with Gasteiger partial charge in [-0.2, -0.15) is 0 Å². The highest BCUT2D eigenvalue weighted by Crippen LogP contribution is 2.16. The maximum atomic E-state index is 5.14. The molecule has 1 heterocycles. The van der Waals surface area contributed by atoms with Crippen molar-refractivity contribution in [1.29, 1.82) is 0 Å². The molecule has 0 radical (unpaired) electrons. The zero-order valence-electron chi connectivity index (χ0n) is 7.50.